The van der Waals surface area contributed by atoms with Crippen molar-refractivity contribution in [1.29, 1.82) is 0 Å². The van der Waals surface area contributed by atoms with E-state index in [-0.39, 0.29) is 5.82 Å². The molecule has 0 spiro atoms. The van der Waals surface area contributed by atoms with Gasteiger partial charge in [0, 0.05) is 50.8 Å². The highest BCUT2D eigenvalue weighted by Crippen LogP contribution is 2.29. The minimum absolute atomic E-state index is 0.332. The van der Waals surface area contributed by atoms with Crippen LogP contribution in [0.15, 0.2) is 24.7 Å². The van der Waals surface area contributed by atoms with Gasteiger partial charge >= 0.3 is 0 Å². The van der Waals surface area contributed by atoms with Crippen LogP contribution in [0.3, 0.4) is 0 Å². The van der Waals surface area contributed by atoms with Crippen LogP contribution in [0.4, 0.5) is 10.2 Å². The number of morpholine rings is 1. The van der Waals surface area contributed by atoms with E-state index >= 15 is 0 Å². The van der Waals surface area contributed by atoms with Gasteiger partial charge in [0.05, 0.1) is 36.9 Å². The first-order valence-electron chi connectivity index (χ1n) is 8.99. The summed E-state index contributed by atoms with van der Waals surface area (Å²) in [6.07, 6.45) is 5.74. The molecule has 7 nitrogen and oxygen atoms in total. The second-order valence-corrected chi connectivity index (χ2v) is 6.49. The third kappa shape index (κ3) is 3.38. The number of pyridine rings is 1. The van der Waals surface area contributed by atoms with Crippen LogP contribution in [0.1, 0.15) is 11.4 Å². The van der Waals surface area contributed by atoms with Crippen LogP contribution >= 0.6 is 0 Å². The van der Waals surface area contributed by atoms with Crippen molar-refractivity contribution in [2.24, 2.45) is 0 Å². The lowest BCUT2D eigenvalue weighted by atomic mass is 10.1. The van der Waals surface area contributed by atoms with Crippen LogP contribution in [0, 0.1) is 12.7 Å². The van der Waals surface area contributed by atoms with E-state index in [9.17, 15) is 4.39 Å². The van der Waals surface area contributed by atoms with E-state index in [1.54, 1.807) is 19.5 Å². The molecule has 3 aromatic rings. The molecule has 27 heavy (non-hydrogen) atoms. The quantitative estimate of drug-likeness (QED) is 0.686. The number of fused-ring (bicyclic) bond motifs is 1. The van der Waals surface area contributed by atoms with E-state index in [0.717, 1.165) is 35.9 Å². The number of aromatic nitrogens is 4. The Kier molecular flexibility index (Phi) is 5.00. The summed E-state index contributed by atoms with van der Waals surface area (Å²) in [6, 6.07) is 1.52. The molecule has 0 saturated carbocycles. The number of rotatable bonds is 5. The molecular formula is C19H22FN5O2. The third-order valence-corrected chi connectivity index (χ3v) is 4.74. The lowest BCUT2D eigenvalue weighted by Gasteiger charge is -2.27. The number of hydrogen-bond donors (Lipinski definition) is 0. The van der Waals surface area contributed by atoms with Crippen LogP contribution in [-0.4, -0.2) is 59.4 Å². The van der Waals surface area contributed by atoms with Crippen LogP contribution < -0.4 is 4.90 Å². The number of nitrogens with zero attached hydrogens (tertiary/aromatic N) is 5. The summed E-state index contributed by atoms with van der Waals surface area (Å²) in [5.74, 6) is 0.488. The van der Waals surface area contributed by atoms with Crippen molar-refractivity contribution in [3.05, 3.63) is 41.9 Å². The largest absolute Gasteiger partial charge is 0.384 e. The summed E-state index contributed by atoms with van der Waals surface area (Å²) in [4.78, 5) is 15.7. The van der Waals surface area contributed by atoms with Gasteiger partial charge in [-0.3, -0.25) is 9.38 Å². The molecule has 0 atom stereocenters. The molecule has 1 saturated heterocycles. The summed E-state index contributed by atoms with van der Waals surface area (Å²) < 4.78 is 26.9. The fourth-order valence-corrected chi connectivity index (χ4v) is 3.40. The van der Waals surface area contributed by atoms with Crippen molar-refractivity contribution in [1.82, 2.24) is 19.4 Å². The summed E-state index contributed by atoms with van der Waals surface area (Å²) >= 11 is 0. The van der Waals surface area contributed by atoms with Crippen molar-refractivity contribution >= 4 is 11.5 Å². The summed E-state index contributed by atoms with van der Waals surface area (Å²) in [5.41, 5.74) is 3.49. The van der Waals surface area contributed by atoms with Gasteiger partial charge < -0.3 is 14.4 Å². The Morgan fingerprint density at radius 3 is 2.81 bits per heavy atom. The maximum absolute atomic E-state index is 14.5. The van der Waals surface area contributed by atoms with Gasteiger partial charge in [0.15, 0.2) is 11.5 Å². The Hall–Kier alpha value is -2.58. The second-order valence-electron chi connectivity index (χ2n) is 6.49. The molecule has 1 aliphatic heterocycles. The standard InChI is InChI=1S/C19H22FN5O2/c1-13-17(14-11-15(20)16(22-12-14)3-8-26-2)25-5-4-21-18(19(25)23-13)24-6-9-27-10-7-24/h4-5,11-12H,3,6-10H2,1-2H3. The lowest BCUT2D eigenvalue weighted by Crippen LogP contribution is -2.37. The topological polar surface area (TPSA) is 64.8 Å². The van der Waals surface area contributed by atoms with Crippen molar-refractivity contribution in [3.63, 3.8) is 0 Å². The van der Waals surface area contributed by atoms with E-state index in [4.69, 9.17) is 14.5 Å². The molecule has 8 heteroatoms. The van der Waals surface area contributed by atoms with E-state index in [2.05, 4.69) is 14.9 Å². The van der Waals surface area contributed by atoms with Crippen LogP contribution in [0.5, 0.6) is 0 Å². The van der Waals surface area contributed by atoms with Gasteiger partial charge in [-0.1, -0.05) is 0 Å². The zero-order valence-corrected chi connectivity index (χ0v) is 15.5. The molecule has 0 amide bonds. The van der Waals surface area contributed by atoms with Crippen molar-refractivity contribution in [2.45, 2.75) is 13.3 Å². The SMILES string of the molecule is COCCc1ncc(-c2c(C)nc3c(N4CCOCC4)nccn23)cc1F. The second kappa shape index (κ2) is 7.58. The molecule has 4 rings (SSSR count). The molecule has 0 aromatic carbocycles. The summed E-state index contributed by atoms with van der Waals surface area (Å²) in [6.45, 7) is 5.26. The monoisotopic (exact) mass is 371 g/mol. The fourth-order valence-electron chi connectivity index (χ4n) is 3.40. The lowest BCUT2D eigenvalue weighted by molar-refractivity contribution is 0.122. The van der Waals surface area contributed by atoms with Gasteiger partial charge in [-0.15, -0.1) is 0 Å². The van der Waals surface area contributed by atoms with E-state index < -0.39 is 0 Å². The number of halogens is 1. The molecule has 0 radical (unpaired) electrons. The highest BCUT2D eigenvalue weighted by atomic mass is 19.1. The van der Waals surface area contributed by atoms with E-state index in [1.807, 2.05) is 17.5 Å². The first-order chi connectivity index (χ1) is 13.2. The predicted molar refractivity (Wildman–Crippen MR) is 99.5 cm³/mol. The maximum atomic E-state index is 14.5. The van der Waals surface area contributed by atoms with Crippen molar-refractivity contribution in [3.8, 4) is 11.3 Å². The van der Waals surface area contributed by atoms with E-state index in [1.165, 1.54) is 6.07 Å². The summed E-state index contributed by atoms with van der Waals surface area (Å²) in [7, 11) is 1.59. The summed E-state index contributed by atoms with van der Waals surface area (Å²) in [5, 5.41) is 0. The Bertz CT molecular complexity index is 953. The zero-order chi connectivity index (χ0) is 18.8. The van der Waals surface area contributed by atoms with Gasteiger partial charge in [0.25, 0.3) is 0 Å². The normalized spacial score (nSPS) is 14.9. The van der Waals surface area contributed by atoms with Gasteiger partial charge in [-0.05, 0) is 13.0 Å². The molecule has 142 valence electrons. The van der Waals surface area contributed by atoms with Crippen LogP contribution in [0.25, 0.3) is 16.9 Å². The van der Waals surface area contributed by atoms with Crippen molar-refractivity contribution in [2.75, 3.05) is 44.9 Å². The van der Waals surface area contributed by atoms with Crippen LogP contribution in [-0.2, 0) is 15.9 Å². The number of methoxy groups -OCH3 is 1. The molecule has 0 aliphatic carbocycles. The van der Waals surface area contributed by atoms with Gasteiger partial charge in [0.1, 0.15) is 5.82 Å². The maximum Gasteiger partial charge on any atom is 0.181 e. The van der Waals surface area contributed by atoms with Gasteiger partial charge in [0.2, 0.25) is 0 Å². The Balaban J connectivity index is 1.76. The first kappa shape index (κ1) is 17.8. The number of hydrogen-bond acceptors (Lipinski definition) is 6. The van der Waals surface area contributed by atoms with E-state index in [0.29, 0.717) is 37.5 Å². The van der Waals surface area contributed by atoms with Gasteiger partial charge in [-0.2, -0.15) is 0 Å². The van der Waals surface area contributed by atoms with Gasteiger partial charge in [-0.25, -0.2) is 14.4 Å². The fraction of sp³-hybridized carbons (Fsp3) is 0.421. The average Bonchev–Trinajstić information content (AvgIpc) is 3.03. The number of aryl methyl sites for hydroxylation is 1. The predicted octanol–water partition coefficient (Wildman–Crippen LogP) is 2.26. The first-order valence-corrected chi connectivity index (χ1v) is 8.99. The minimum atomic E-state index is -0.332. The zero-order valence-electron chi connectivity index (χ0n) is 15.5. The Labute approximate surface area is 156 Å². The van der Waals surface area contributed by atoms with Crippen LogP contribution in [0.2, 0.25) is 0 Å². The molecule has 1 aliphatic rings. The smallest absolute Gasteiger partial charge is 0.181 e. The number of anilines is 1. The highest BCUT2D eigenvalue weighted by Gasteiger charge is 2.20. The highest BCUT2D eigenvalue weighted by molar-refractivity contribution is 5.73. The third-order valence-electron chi connectivity index (χ3n) is 4.74. The number of ether oxygens (including phenoxy) is 2. The van der Waals surface area contributed by atoms with Crippen molar-refractivity contribution < 1.29 is 13.9 Å². The molecule has 1 fully saturated rings. The molecule has 0 N–H and O–H groups in total. The molecule has 3 aromatic heterocycles. The molecular weight excluding hydrogens is 349 g/mol. The molecule has 4 heterocycles. The Morgan fingerprint density at radius 1 is 1.26 bits per heavy atom. The average molecular weight is 371 g/mol. The molecule has 0 unspecified atom stereocenters. The Morgan fingerprint density at radius 2 is 2.07 bits per heavy atom. The number of imidazole rings is 1. The minimum Gasteiger partial charge on any atom is -0.384 e. The molecule has 0 bridgehead atoms.